The fourth-order valence-corrected chi connectivity index (χ4v) is 11.9. The van der Waals surface area contributed by atoms with Gasteiger partial charge in [-0.05, 0) is 135 Å². The third kappa shape index (κ3) is 76.6. The summed E-state index contributed by atoms with van der Waals surface area (Å²) in [6, 6.07) is 0. The van der Waals surface area contributed by atoms with Gasteiger partial charge in [0.1, 0.15) is 25.4 Å². The van der Waals surface area contributed by atoms with Crippen LogP contribution in [0, 0.1) is 0 Å². The number of phosphoric acid groups is 2. The zero-order chi connectivity index (χ0) is 73.7. The van der Waals surface area contributed by atoms with Gasteiger partial charge in [-0.2, -0.15) is 0 Å². The predicted molar refractivity (Wildman–Crippen MR) is 417 cm³/mol. The van der Waals surface area contributed by atoms with Crippen LogP contribution in [-0.4, -0.2) is 95.9 Å². The number of ether oxygens (including phenoxy) is 3. The van der Waals surface area contributed by atoms with Crippen LogP contribution in [0.25, 0.3) is 0 Å². The van der Waals surface area contributed by atoms with Gasteiger partial charge in [0, 0.05) is 19.3 Å². The molecule has 0 aliphatic rings. The fourth-order valence-electron chi connectivity index (χ4n) is 10.3. The molecule has 0 fully saturated rings. The van der Waals surface area contributed by atoms with Crippen LogP contribution in [0.15, 0.2) is 134 Å². The molecule has 0 saturated heterocycles. The van der Waals surface area contributed by atoms with Crippen LogP contribution >= 0.6 is 15.6 Å². The highest BCUT2D eigenvalue weighted by Gasteiger charge is 2.29. The lowest BCUT2D eigenvalue weighted by Crippen LogP contribution is -2.30. The second-order valence-corrected chi connectivity index (χ2v) is 29.0. The summed E-state index contributed by atoms with van der Waals surface area (Å²) in [7, 11) is -9.80. The zero-order valence-electron chi connectivity index (χ0n) is 63.3. The maximum Gasteiger partial charge on any atom is 0.472 e. The van der Waals surface area contributed by atoms with Crippen LogP contribution < -0.4 is 0 Å². The molecule has 101 heavy (non-hydrogen) atoms. The second-order valence-electron chi connectivity index (χ2n) is 26.1. The van der Waals surface area contributed by atoms with Crippen LogP contribution in [0.5, 0.6) is 0 Å². The van der Waals surface area contributed by atoms with Crippen molar-refractivity contribution in [3.05, 3.63) is 134 Å². The van der Waals surface area contributed by atoms with Gasteiger partial charge >= 0.3 is 33.6 Å². The molecule has 0 aromatic carbocycles. The Bertz CT molecular complexity index is 2370. The van der Waals surface area contributed by atoms with Gasteiger partial charge in [0.2, 0.25) is 0 Å². The van der Waals surface area contributed by atoms with Gasteiger partial charge in [0.15, 0.2) is 6.10 Å². The Morgan fingerprint density at radius 3 is 0.871 bits per heavy atom. The largest absolute Gasteiger partial charge is 0.472 e. The molecular formula is C83H142O16P2. The summed E-state index contributed by atoms with van der Waals surface area (Å²) >= 11 is 0. The van der Waals surface area contributed by atoms with Crippen molar-refractivity contribution in [2.75, 3.05) is 39.6 Å². The average Bonchev–Trinajstić information content (AvgIpc) is 0.943. The van der Waals surface area contributed by atoms with Crippen molar-refractivity contribution in [2.45, 2.75) is 334 Å². The lowest BCUT2D eigenvalue weighted by molar-refractivity contribution is -0.161. The number of rotatable bonds is 74. The first kappa shape index (κ1) is 96.7. The van der Waals surface area contributed by atoms with E-state index < -0.39 is 91.5 Å². The smallest absolute Gasteiger partial charge is 0.463 e. The third-order valence-corrected chi connectivity index (χ3v) is 18.2. The standard InChI is InChI=1S/C83H142O16P2/c1-4-7-10-13-16-19-22-25-27-29-31-33-35-37-38-40-42-43-45-47-49-52-54-57-60-63-66-69-81(86)93-72-78(84)73-95-100(89,90)96-74-79(85)75-97-101(91,92)98-77-80(99-83(88)71-68-65-62-59-56-51-24-21-18-15-12-9-6-3)76-94-82(87)70-67-64-61-58-55-53-50-48-46-44-41-39-36-34-32-30-28-26-23-20-17-14-11-8-5-2/h8,11-12,15-17,19-21,24-28,31-34,37-39,41,78-80,84-85H,4-7,9-10,13-14,18,22-23,29-30,35-36,40,42-77H2,1-3H3,(H,89,90)(H,91,92)/b11-8-,15-12-,19-16-,20-17-,24-21-,27-25-,28-26-,33-31-,34-32-,38-37-,41-39-. The minimum absolute atomic E-state index is 0.0841. The number of carbonyl (C=O) groups is 3. The van der Waals surface area contributed by atoms with E-state index in [4.69, 9.17) is 32.3 Å². The first-order chi connectivity index (χ1) is 49.2. The van der Waals surface area contributed by atoms with Crippen LogP contribution in [0.2, 0.25) is 0 Å². The van der Waals surface area contributed by atoms with Gasteiger partial charge in [-0.25, -0.2) is 9.13 Å². The van der Waals surface area contributed by atoms with Crippen LogP contribution in [0.3, 0.4) is 0 Å². The highest BCUT2D eigenvalue weighted by Crippen LogP contribution is 2.45. The lowest BCUT2D eigenvalue weighted by Gasteiger charge is -2.21. The maximum atomic E-state index is 12.9. The first-order valence-electron chi connectivity index (χ1n) is 39.5. The molecule has 0 radical (unpaired) electrons. The number of phosphoric ester groups is 2. The van der Waals surface area contributed by atoms with Crippen molar-refractivity contribution in [2.24, 2.45) is 0 Å². The van der Waals surface area contributed by atoms with E-state index in [1.54, 1.807) is 0 Å². The number of hydrogen-bond donors (Lipinski definition) is 4. The molecule has 5 atom stereocenters. The molecule has 0 saturated carbocycles. The van der Waals surface area contributed by atoms with Gasteiger partial charge in [-0.15, -0.1) is 0 Å². The Hall–Kier alpha value is -4.31. The normalized spacial score (nSPS) is 14.7. The highest BCUT2D eigenvalue weighted by molar-refractivity contribution is 7.47. The quantitative estimate of drug-likeness (QED) is 0.0146. The van der Waals surface area contributed by atoms with E-state index in [2.05, 4.69) is 154 Å². The molecule has 0 rings (SSSR count). The Morgan fingerprint density at radius 2 is 0.545 bits per heavy atom. The molecule has 4 N–H and O–H groups in total. The van der Waals surface area contributed by atoms with Crippen molar-refractivity contribution >= 4 is 33.6 Å². The molecule has 18 heteroatoms. The van der Waals surface area contributed by atoms with Crippen molar-refractivity contribution in [1.82, 2.24) is 0 Å². The van der Waals surface area contributed by atoms with Gasteiger partial charge in [-0.3, -0.25) is 32.5 Å². The topological polar surface area (TPSA) is 231 Å². The summed E-state index contributed by atoms with van der Waals surface area (Å²) in [6.45, 7) is 2.45. The van der Waals surface area contributed by atoms with Gasteiger partial charge < -0.3 is 34.2 Å². The third-order valence-electron chi connectivity index (χ3n) is 16.3. The highest BCUT2D eigenvalue weighted by atomic mass is 31.2. The van der Waals surface area contributed by atoms with Crippen molar-refractivity contribution in [1.29, 1.82) is 0 Å². The molecule has 0 aromatic heterocycles. The monoisotopic (exact) mass is 1460 g/mol. The minimum Gasteiger partial charge on any atom is -0.463 e. The number of unbranched alkanes of at least 4 members (excludes halogenated alkanes) is 29. The van der Waals surface area contributed by atoms with Crippen molar-refractivity contribution < 1.29 is 75.8 Å². The van der Waals surface area contributed by atoms with E-state index in [0.29, 0.717) is 19.3 Å². The summed E-state index contributed by atoms with van der Waals surface area (Å²) in [5, 5.41) is 20.6. The number of hydrogen-bond acceptors (Lipinski definition) is 14. The molecule has 16 nitrogen and oxygen atoms in total. The van der Waals surface area contributed by atoms with Crippen LogP contribution in [0.4, 0.5) is 0 Å². The molecule has 0 aliphatic heterocycles. The number of carbonyl (C=O) groups excluding carboxylic acids is 3. The fraction of sp³-hybridized carbons (Fsp3) is 0.699. The van der Waals surface area contributed by atoms with Gasteiger partial charge in [0.05, 0.1) is 26.4 Å². The molecule has 0 spiro atoms. The summed E-state index contributed by atoms with van der Waals surface area (Å²) in [5.41, 5.74) is 0. The Labute approximate surface area is 614 Å². The minimum atomic E-state index is -4.94. The summed E-state index contributed by atoms with van der Waals surface area (Å²) in [5.74, 6) is -1.60. The van der Waals surface area contributed by atoms with E-state index in [1.165, 1.54) is 96.3 Å². The number of aliphatic hydroxyl groups excluding tert-OH is 2. The molecule has 580 valence electrons. The van der Waals surface area contributed by atoms with E-state index in [0.717, 1.165) is 161 Å². The SMILES string of the molecule is CC/C=C\C/C=C\C/C=C\C/C=C\C/C=C\CCCCCCCCCCCC(=O)OCC(COP(=O)(O)OCC(O)COP(=O)(O)OCC(O)COC(=O)CCCCCCCCCCCCC/C=C\C/C=C\C/C=C\C/C=C\CCCCC)OC(=O)CCCCCCC/C=C\C/C=C\CCC. The van der Waals surface area contributed by atoms with Crippen molar-refractivity contribution in [3.8, 4) is 0 Å². The van der Waals surface area contributed by atoms with Gasteiger partial charge in [0.25, 0.3) is 0 Å². The second kappa shape index (κ2) is 75.4. The number of esters is 3. The molecule has 0 aliphatic carbocycles. The maximum absolute atomic E-state index is 12.9. The van der Waals surface area contributed by atoms with Gasteiger partial charge in [-0.1, -0.05) is 296 Å². The molecule has 0 amide bonds. The molecular weight excluding hydrogens is 1310 g/mol. The number of allylic oxidation sites excluding steroid dienone is 22. The molecule has 0 aromatic rings. The zero-order valence-corrected chi connectivity index (χ0v) is 65.1. The average molecular weight is 1460 g/mol. The molecule has 0 heterocycles. The first-order valence-corrected chi connectivity index (χ1v) is 42.5. The van der Waals surface area contributed by atoms with E-state index in [-0.39, 0.29) is 19.3 Å². The van der Waals surface area contributed by atoms with E-state index in [1.807, 2.05) is 0 Å². The Morgan fingerprint density at radius 1 is 0.287 bits per heavy atom. The van der Waals surface area contributed by atoms with Crippen LogP contribution in [-0.2, 0) is 55.8 Å². The Balaban J connectivity index is 4.53. The van der Waals surface area contributed by atoms with E-state index in [9.17, 15) is 43.5 Å². The van der Waals surface area contributed by atoms with E-state index >= 15 is 0 Å². The lowest BCUT2D eigenvalue weighted by atomic mass is 10.0. The van der Waals surface area contributed by atoms with Crippen molar-refractivity contribution in [3.63, 3.8) is 0 Å². The molecule has 5 unspecified atom stereocenters. The molecule has 0 bridgehead atoms. The predicted octanol–water partition coefficient (Wildman–Crippen LogP) is 23.1. The summed E-state index contributed by atoms with van der Waals surface area (Å²) in [6.07, 6.45) is 90.7. The summed E-state index contributed by atoms with van der Waals surface area (Å²) in [4.78, 5) is 58.6. The van der Waals surface area contributed by atoms with Crippen LogP contribution in [0.1, 0.15) is 316 Å². The Kier molecular flexibility index (Phi) is 72.2. The summed E-state index contributed by atoms with van der Waals surface area (Å²) < 4.78 is 61.1. The number of aliphatic hydroxyl groups is 2.